The Kier molecular flexibility index (Phi) is 4.46. The Morgan fingerprint density at radius 1 is 1.21 bits per heavy atom. The zero-order valence-corrected chi connectivity index (χ0v) is 11.9. The number of hydrogen-bond acceptors (Lipinski definition) is 2. The monoisotopic (exact) mass is 275 g/mol. The molecule has 0 saturated carbocycles. The van der Waals surface area contributed by atoms with Crippen LogP contribution < -0.4 is 10.5 Å². The predicted molar refractivity (Wildman–Crippen MR) is 79.8 cm³/mol. The van der Waals surface area contributed by atoms with Crippen molar-refractivity contribution in [1.29, 1.82) is 0 Å². The van der Waals surface area contributed by atoms with Gasteiger partial charge in [-0.25, -0.2) is 0 Å². The summed E-state index contributed by atoms with van der Waals surface area (Å²) >= 11 is 6.04. The molecule has 0 heterocycles. The van der Waals surface area contributed by atoms with Gasteiger partial charge in [-0.3, -0.25) is 0 Å². The van der Waals surface area contributed by atoms with E-state index in [0.717, 1.165) is 17.7 Å². The molecule has 0 bridgehead atoms. The molecular formula is C16H18ClNO. The summed E-state index contributed by atoms with van der Waals surface area (Å²) < 4.78 is 5.35. The average Bonchev–Trinajstić information content (AvgIpc) is 2.41. The number of nitrogens with two attached hydrogens (primary N) is 1. The van der Waals surface area contributed by atoms with E-state index in [4.69, 9.17) is 22.1 Å². The summed E-state index contributed by atoms with van der Waals surface area (Å²) in [6, 6.07) is 13.7. The van der Waals surface area contributed by atoms with Gasteiger partial charge in [0.15, 0.2) is 0 Å². The van der Waals surface area contributed by atoms with Crippen LogP contribution in [0.1, 0.15) is 22.7 Å². The average molecular weight is 276 g/mol. The van der Waals surface area contributed by atoms with E-state index in [-0.39, 0.29) is 6.04 Å². The summed E-state index contributed by atoms with van der Waals surface area (Å²) in [6.07, 6.45) is 0.767. The van der Waals surface area contributed by atoms with Crippen molar-refractivity contribution in [3.8, 4) is 5.75 Å². The summed E-state index contributed by atoms with van der Waals surface area (Å²) in [6.45, 7) is 2.09. The number of methoxy groups -OCH3 is 1. The third-order valence-electron chi connectivity index (χ3n) is 3.29. The molecule has 0 saturated heterocycles. The van der Waals surface area contributed by atoms with E-state index in [1.807, 2.05) is 30.3 Å². The van der Waals surface area contributed by atoms with Crippen LogP contribution in [0.4, 0.5) is 0 Å². The van der Waals surface area contributed by atoms with Crippen LogP contribution in [0.2, 0.25) is 5.02 Å². The van der Waals surface area contributed by atoms with Crippen LogP contribution in [0, 0.1) is 6.92 Å². The SMILES string of the molecule is COc1ccc(Cl)cc1C(N)Cc1ccccc1C. The highest BCUT2D eigenvalue weighted by Crippen LogP contribution is 2.29. The first-order valence-electron chi connectivity index (χ1n) is 6.25. The maximum absolute atomic E-state index is 6.30. The second kappa shape index (κ2) is 6.09. The maximum Gasteiger partial charge on any atom is 0.123 e. The standard InChI is InChI=1S/C16H18ClNO/c1-11-5-3-4-6-12(11)9-15(18)14-10-13(17)7-8-16(14)19-2/h3-8,10,15H,9,18H2,1-2H3. The summed E-state index contributed by atoms with van der Waals surface area (Å²) in [5.74, 6) is 0.783. The Balaban J connectivity index is 2.27. The van der Waals surface area contributed by atoms with Gasteiger partial charge in [0.05, 0.1) is 7.11 Å². The zero-order chi connectivity index (χ0) is 13.8. The molecule has 0 aliphatic rings. The van der Waals surface area contributed by atoms with Gasteiger partial charge < -0.3 is 10.5 Å². The number of rotatable bonds is 4. The van der Waals surface area contributed by atoms with Crippen molar-refractivity contribution < 1.29 is 4.74 Å². The fourth-order valence-electron chi connectivity index (χ4n) is 2.18. The van der Waals surface area contributed by atoms with E-state index in [1.165, 1.54) is 11.1 Å². The second-order valence-corrected chi connectivity index (χ2v) is 5.06. The van der Waals surface area contributed by atoms with E-state index < -0.39 is 0 Å². The van der Waals surface area contributed by atoms with Gasteiger partial charge in [0.2, 0.25) is 0 Å². The molecule has 2 aromatic rings. The zero-order valence-electron chi connectivity index (χ0n) is 11.2. The Hall–Kier alpha value is -1.51. The van der Waals surface area contributed by atoms with Gasteiger partial charge in [0.1, 0.15) is 5.75 Å². The quantitative estimate of drug-likeness (QED) is 0.918. The lowest BCUT2D eigenvalue weighted by atomic mass is 9.96. The lowest BCUT2D eigenvalue weighted by Crippen LogP contribution is -2.15. The van der Waals surface area contributed by atoms with Crippen LogP contribution in [0.3, 0.4) is 0 Å². The van der Waals surface area contributed by atoms with Gasteiger partial charge in [-0.05, 0) is 42.7 Å². The van der Waals surface area contributed by atoms with Gasteiger partial charge in [-0.15, -0.1) is 0 Å². The summed E-state index contributed by atoms with van der Waals surface area (Å²) in [4.78, 5) is 0. The molecule has 2 nitrogen and oxygen atoms in total. The van der Waals surface area contributed by atoms with Gasteiger partial charge in [-0.2, -0.15) is 0 Å². The number of aryl methyl sites for hydroxylation is 1. The first-order chi connectivity index (χ1) is 9.11. The molecule has 0 aliphatic heterocycles. The molecule has 1 unspecified atom stereocenters. The summed E-state index contributed by atoms with van der Waals surface area (Å²) in [5, 5.41) is 0.677. The van der Waals surface area contributed by atoms with Crippen LogP contribution in [0.25, 0.3) is 0 Å². The summed E-state index contributed by atoms with van der Waals surface area (Å²) in [7, 11) is 1.65. The number of hydrogen-bond donors (Lipinski definition) is 1. The Morgan fingerprint density at radius 3 is 2.63 bits per heavy atom. The first kappa shape index (κ1) is 13.9. The number of halogens is 1. The largest absolute Gasteiger partial charge is 0.496 e. The molecule has 0 radical (unpaired) electrons. The predicted octanol–water partition coefficient (Wildman–Crippen LogP) is 3.90. The molecule has 19 heavy (non-hydrogen) atoms. The molecule has 0 spiro atoms. The molecule has 0 aromatic heterocycles. The van der Waals surface area contributed by atoms with Crippen molar-refractivity contribution in [2.45, 2.75) is 19.4 Å². The molecule has 2 N–H and O–H groups in total. The minimum absolute atomic E-state index is 0.130. The van der Waals surface area contributed by atoms with Crippen LogP contribution in [-0.2, 0) is 6.42 Å². The van der Waals surface area contributed by atoms with E-state index >= 15 is 0 Å². The molecule has 100 valence electrons. The van der Waals surface area contributed by atoms with Crippen molar-refractivity contribution >= 4 is 11.6 Å². The van der Waals surface area contributed by atoms with Crippen molar-refractivity contribution in [3.05, 3.63) is 64.2 Å². The van der Waals surface area contributed by atoms with Crippen LogP contribution in [-0.4, -0.2) is 7.11 Å². The maximum atomic E-state index is 6.30. The highest BCUT2D eigenvalue weighted by molar-refractivity contribution is 6.30. The van der Waals surface area contributed by atoms with E-state index in [9.17, 15) is 0 Å². The minimum atomic E-state index is -0.130. The third-order valence-corrected chi connectivity index (χ3v) is 3.53. The smallest absolute Gasteiger partial charge is 0.123 e. The fraction of sp³-hybridized carbons (Fsp3) is 0.250. The van der Waals surface area contributed by atoms with E-state index in [1.54, 1.807) is 7.11 Å². The van der Waals surface area contributed by atoms with Crippen LogP contribution in [0.5, 0.6) is 5.75 Å². The Morgan fingerprint density at radius 2 is 1.95 bits per heavy atom. The molecule has 2 aromatic carbocycles. The fourth-order valence-corrected chi connectivity index (χ4v) is 2.36. The minimum Gasteiger partial charge on any atom is -0.496 e. The molecule has 2 rings (SSSR count). The van der Waals surface area contributed by atoms with Gasteiger partial charge in [0, 0.05) is 16.6 Å². The number of ether oxygens (including phenoxy) is 1. The number of benzene rings is 2. The van der Waals surface area contributed by atoms with Crippen molar-refractivity contribution in [3.63, 3.8) is 0 Å². The first-order valence-corrected chi connectivity index (χ1v) is 6.63. The van der Waals surface area contributed by atoms with Crippen LogP contribution >= 0.6 is 11.6 Å². The highest BCUT2D eigenvalue weighted by Gasteiger charge is 2.14. The molecular weight excluding hydrogens is 258 g/mol. The van der Waals surface area contributed by atoms with E-state index in [2.05, 4.69) is 19.1 Å². The summed E-state index contributed by atoms with van der Waals surface area (Å²) in [5.41, 5.74) is 9.74. The Labute approximate surface area is 119 Å². The molecule has 0 amide bonds. The molecule has 0 fully saturated rings. The topological polar surface area (TPSA) is 35.2 Å². The van der Waals surface area contributed by atoms with E-state index in [0.29, 0.717) is 5.02 Å². The van der Waals surface area contributed by atoms with Gasteiger partial charge >= 0.3 is 0 Å². The molecule has 1 atom stereocenters. The van der Waals surface area contributed by atoms with Crippen molar-refractivity contribution in [2.24, 2.45) is 5.73 Å². The second-order valence-electron chi connectivity index (χ2n) is 4.62. The van der Waals surface area contributed by atoms with Crippen molar-refractivity contribution in [2.75, 3.05) is 7.11 Å². The Bertz CT molecular complexity index is 568. The highest BCUT2D eigenvalue weighted by atomic mass is 35.5. The van der Waals surface area contributed by atoms with Gasteiger partial charge in [-0.1, -0.05) is 35.9 Å². The lowest BCUT2D eigenvalue weighted by Gasteiger charge is -2.17. The molecule has 3 heteroatoms. The third kappa shape index (κ3) is 3.28. The normalized spacial score (nSPS) is 12.2. The lowest BCUT2D eigenvalue weighted by molar-refractivity contribution is 0.405. The van der Waals surface area contributed by atoms with Crippen LogP contribution in [0.15, 0.2) is 42.5 Å². The van der Waals surface area contributed by atoms with Crippen molar-refractivity contribution in [1.82, 2.24) is 0 Å². The van der Waals surface area contributed by atoms with Gasteiger partial charge in [0.25, 0.3) is 0 Å². The molecule has 0 aliphatic carbocycles.